The maximum Gasteiger partial charge on any atom is -0.00103 e. The smallest absolute Gasteiger partial charge is 0.00103 e. The molecule has 0 atom stereocenters. The Morgan fingerprint density at radius 1 is 1.31 bits per heavy atom. The molecule has 1 fully saturated rings. The van der Waals surface area contributed by atoms with Crippen LogP contribution in [-0.4, -0.2) is 18.1 Å². The van der Waals surface area contributed by atoms with Crippen LogP contribution in [0.5, 0.6) is 0 Å². The van der Waals surface area contributed by atoms with E-state index in [0.717, 1.165) is 6.54 Å². The summed E-state index contributed by atoms with van der Waals surface area (Å²) in [7, 11) is 0. The van der Waals surface area contributed by atoms with E-state index in [1.807, 2.05) is 0 Å². The SMILES string of the molecule is CCCCCSCC1(CCN)CC1. The molecule has 0 heterocycles. The van der Waals surface area contributed by atoms with Gasteiger partial charge in [0.05, 0.1) is 0 Å². The monoisotopic (exact) mass is 201 g/mol. The maximum absolute atomic E-state index is 5.60. The number of rotatable bonds is 8. The fourth-order valence-corrected chi connectivity index (χ4v) is 3.11. The lowest BCUT2D eigenvalue weighted by Crippen LogP contribution is -2.11. The third-order valence-corrected chi connectivity index (χ3v) is 4.33. The number of thioether (sulfide) groups is 1. The Kier molecular flexibility index (Phi) is 5.18. The van der Waals surface area contributed by atoms with Crippen molar-refractivity contribution in [3.8, 4) is 0 Å². The van der Waals surface area contributed by atoms with Crippen LogP contribution in [0.2, 0.25) is 0 Å². The lowest BCUT2D eigenvalue weighted by molar-refractivity contribution is 0.537. The highest BCUT2D eigenvalue weighted by Gasteiger charge is 2.40. The van der Waals surface area contributed by atoms with Crippen molar-refractivity contribution in [3.63, 3.8) is 0 Å². The molecule has 0 saturated heterocycles. The van der Waals surface area contributed by atoms with Crippen LogP contribution in [0.25, 0.3) is 0 Å². The summed E-state index contributed by atoms with van der Waals surface area (Å²) in [5.74, 6) is 2.73. The zero-order valence-electron chi connectivity index (χ0n) is 8.85. The molecule has 1 aliphatic rings. The fraction of sp³-hybridized carbons (Fsp3) is 1.00. The first kappa shape index (κ1) is 11.4. The van der Waals surface area contributed by atoms with Gasteiger partial charge in [0.25, 0.3) is 0 Å². The van der Waals surface area contributed by atoms with E-state index in [1.165, 1.54) is 50.0 Å². The summed E-state index contributed by atoms with van der Waals surface area (Å²) >= 11 is 2.15. The molecule has 0 aliphatic heterocycles. The first-order valence-electron chi connectivity index (χ1n) is 5.61. The van der Waals surface area contributed by atoms with Crippen LogP contribution in [-0.2, 0) is 0 Å². The quantitative estimate of drug-likeness (QED) is 0.611. The molecule has 0 spiro atoms. The third kappa shape index (κ3) is 4.37. The van der Waals surface area contributed by atoms with E-state index in [9.17, 15) is 0 Å². The third-order valence-electron chi connectivity index (χ3n) is 2.93. The molecule has 1 rings (SSSR count). The van der Waals surface area contributed by atoms with Crippen molar-refractivity contribution in [2.75, 3.05) is 18.1 Å². The van der Waals surface area contributed by atoms with E-state index in [1.54, 1.807) is 0 Å². The lowest BCUT2D eigenvalue weighted by atomic mass is 10.1. The normalized spacial score (nSPS) is 18.9. The van der Waals surface area contributed by atoms with E-state index in [2.05, 4.69) is 18.7 Å². The molecule has 0 aromatic heterocycles. The van der Waals surface area contributed by atoms with Crippen molar-refractivity contribution in [2.24, 2.45) is 11.1 Å². The lowest BCUT2D eigenvalue weighted by Gasteiger charge is -2.12. The molecular weight excluding hydrogens is 178 g/mol. The summed E-state index contributed by atoms with van der Waals surface area (Å²) in [5.41, 5.74) is 6.28. The van der Waals surface area contributed by atoms with Crippen molar-refractivity contribution in [3.05, 3.63) is 0 Å². The number of hydrogen-bond acceptors (Lipinski definition) is 2. The Labute approximate surface area is 86.8 Å². The minimum Gasteiger partial charge on any atom is -0.330 e. The molecule has 13 heavy (non-hydrogen) atoms. The predicted molar refractivity (Wildman–Crippen MR) is 62.2 cm³/mol. The Balaban J connectivity index is 1.93. The molecule has 0 aromatic rings. The van der Waals surface area contributed by atoms with Crippen LogP contribution >= 0.6 is 11.8 Å². The molecule has 2 heteroatoms. The first-order valence-corrected chi connectivity index (χ1v) is 6.76. The maximum atomic E-state index is 5.60. The van der Waals surface area contributed by atoms with Gasteiger partial charge < -0.3 is 5.73 Å². The Bertz CT molecular complexity index is 132. The summed E-state index contributed by atoms with van der Waals surface area (Å²) in [6.45, 7) is 3.15. The highest BCUT2D eigenvalue weighted by atomic mass is 32.2. The van der Waals surface area contributed by atoms with E-state index in [0.29, 0.717) is 5.41 Å². The second-order valence-electron chi connectivity index (χ2n) is 4.30. The van der Waals surface area contributed by atoms with Gasteiger partial charge in [0.15, 0.2) is 0 Å². The van der Waals surface area contributed by atoms with Gasteiger partial charge in [0, 0.05) is 0 Å². The Hall–Kier alpha value is 0.310. The van der Waals surface area contributed by atoms with Crippen LogP contribution in [0.3, 0.4) is 0 Å². The van der Waals surface area contributed by atoms with Gasteiger partial charge in [0.2, 0.25) is 0 Å². The Morgan fingerprint density at radius 3 is 2.62 bits per heavy atom. The highest BCUT2D eigenvalue weighted by Crippen LogP contribution is 2.50. The van der Waals surface area contributed by atoms with Gasteiger partial charge in [-0.15, -0.1) is 0 Å². The predicted octanol–water partition coefficient (Wildman–Crippen LogP) is 3.04. The number of unbranched alkanes of at least 4 members (excludes halogenated alkanes) is 2. The minimum absolute atomic E-state index is 0.686. The zero-order chi connectivity index (χ0) is 9.57. The Morgan fingerprint density at radius 2 is 2.08 bits per heavy atom. The zero-order valence-corrected chi connectivity index (χ0v) is 9.67. The summed E-state index contributed by atoms with van der Waals surface area (Å²) < 4.78 is 0. The standard InChI is InChI=1S/C11H23NS/c1-2-3-4-9-13-10-11(5-6-11)7-8-12/h2-10,12H2,1H3. The van der Waals surface area contributed by atoms with Crippen molar-refractivity contribution in [2.45, 2.75) is 45.4 Å². The van der Waals surface area contributed by atoms with Crippen LogP contribution in [0, 0.1) is 5.41 Å². The van der Waals surface area contributed by atoms with Crippen LogP contribution < -0.4 is 5.73 Å². The molecule has 1 aliphatic carbocycles. The van der Waals surface area contributed by atoms with Crippen molar-refractivity contribution in [1.29, 1.82) is 0 Å². The van der Waals surface area contributed by atoms with E-state index in [-0.39, 0.29) is 0 Å². The number of hydrogen-bond donors (Lipinski definition) is 1. The highest BCUT2D eigenvalue weighted by molar-refractivity contribution is 7.99. The van der Waals surface area contributed by atoms with Crippen LogP contribution in [0.4, 0.5) is 0 Å². The molecule has 2 N–H and O–H groups in total. The van der Waals surface area contributed by atoms with E-state index >= 15 is 0 Å². The van der Waals surface area contributed by atoms with Crippen molar-refractivity contribution >= 4 is 11.8 Å². The average Bonchev–Trinajstić information content (AvgIpc) is 2.86. The summed E-state index contributed by atoms with van der Waals surface area (Å²) in [6.07, 6.45) is 8.27. The van der Waals surface area contributed by atoms with Crippen molar-refractivity contribution < 1.29 is 0 Å². The van der Waals surface area contributed by atoms with Gasteiger partial charge in [-0.2, -0.15) is 11.8 Å². The molecular formula is C11H23NS. The van der Waals surface area contributed by atoms with Gasteiger partial charge in [-0.3, -0.25) is 0 Å². The second kappa shape index (κ2) is 5.92. The minimum atomic E-state index is 0.686. The van der Waals surface area contributed by atoms with Gasteiger partial charge in [-0.25, -0.2) is 0 Å². The molecule has 0 aromatic carbocycles. The van der Waals surface area contributed by atoms with E-state index < -0.39 is 0 Å². The van der Waals surface area contributed by atoms with Crippen LogP contribution in [0.1, 0.15) is 45.4 Å². The molecule has 1 saturated carbocycles. The van der Waals surface area contributed by atoms with Crippen molar-refractivity contribution in [1.82, 2.24) is 0 Å². The number of nitrogens with two attached hydrogens (primary N) is 1. The van der Waals surface area contributed by atoms with Gasteiger partial charge >= 0.3 is 0 Å². The summed E-state index contributed by atoms with van der Waals surface area (Å²) in [6, 6.07) is 0. The largest absolute Gasteiger partial charge is 0.330 e. The molecule has 0 unspecified atom stereocenters. The second-order valence-corrected chi connectivity index (χ2v) is 5.40. The fourth-order valence-electron chi connectivity index (χ4n) is 1.69. The molecule has 78 valence electrons. The summed E-state index contributed by atoms with van der Waals surface area (Å²) in [5, 5.41) is 0. The average molecular weight is 201 g/mol. The van der Waals surface area contributed by atoms with E-state index in [4.69, 9.17) is 5.73 Å². The molecule has 1 nitrogen and oxygen atoms in total. The summed E-state index contributed by atoms with van der Waals surface area (Å²) in [4.78, 5) is 0. The van der Waals surface area contributed by atoms with Gasteiger partial charge in [-0.05, 0) is 49.1 Å². The van der Waals surface area contributed by atoms with Gasteiger partial charge in [0.1, 0.15) is 0 Å². The molecule has 0 radical (unpaired) electrons. The van der Waals surface area contributed by atoms with Crippen LogP contribution in [0.15, 0.2) is 0 Å². The molecule has 0 bridgehead atoms. The first-order chi connectivity index (χ1) is 6.33. The molecule has 0 amide bonds. The topological polar surface area (TPSA) is 26.0 Å². The van der Waals surface area contributed by atoms with Gasteiger partial charge in [-0.1, -0.05) is 19.8 Å².